The summed E-state index contributed by atoms with van der Waals surface area (Å²) in [5.74, 6) is -0.870. The standard InChI is InChI=1S/C28H28N6O4S/c35-22-8-7-20(25(36)31-22)34-27(37)17-6-5-16(13-19(17)28(34)38)14-32-9-11-33(12-10-32)24-23-18-3-1-2-4-21(18)39-26(23)30-15-29-24/h5-6,13,15,20H,1-4,7-12,14H2,(H,31,35,36). The molecule has 39 heavy (non-hydrogen) atoms. The van der Waals surface area contributed by atoms with Crippen LogP contribution in [0.5, 0.6) is 0 Å². The van der Waals surface area contributed by atoms with E-state index in [1.54, 1.807) is 18.5 Å². The maximum absolute atomic E-state index is 13.2. The minimum atomic E-state index is -0.950. The first-order valence-corrected chi connectivity index (χ1v) is 14.4. The Bertz CT molecular complexity index is 1540. The number of aryl methyl sites for hydroxylation is 2. The molecule has 0 spiro atoms. The fourth-order valence-corrected chi connectivity index (χ4v) is 7.53. The molecule has 0 bridgehead atoms. The molecule has 10 nitrogen and oxygen atoms in total. The number of thiophene rings is 1. The number of nitrogens with zero attached hydrogens (tertiary/aromatic N) is 5. The van der Waals surface area contributed by atoms with Crippen molar-refractivity contribution in [3.8, 4) is 0 Å². The Kier molecular flexibility index (Phi) is 5.93. The molecule has 2 fully saturated rings. The van der Waals surface area contributed by atoms with E-state index in [2.05, 4.69) is 20.1 Å². The average molecular weight is 545 g/mol. The minimum Gasteiger partial charge on any atom is -0.353 e. The second-order valence-electron chi connectivity index (χ2n) is 10.7. The molecule has 11 heteroatoms. The lowest BCUT2D eigenvalue weighted by Gasteiger charge is -2.35. The third-order valence-electron chi connectivity index (χ3n) is 8.31. The maximum Gasteiger partial charge on any atom is 0.262 e. The summed E-state index contributed by atoms with van der Waals surface area (Å²) in [6, 6.07) is 4.40. The number of benzene rings is 1. The maximum atomic E-state index is 13.2. The third kappa shape index (κ3) is 4.11. The van der Waals surface area contributed by atoms with Crippen LogP contribution in [0.4, 0.5) is 5.82 Å². The van der Waals surface area contributed by atoms with E-state index in [-0.39, 0.29) is 18.7 Å². The fraction of sp³-hybridized carbons (Fsp3) is 0.429. The normalized spacial score (nSPS) is 21.9. The van der Waals surface area contributed by atoms with Gasteiger partial charge in [-0.2, -0.15) is 0 Å². The highest BCUT2D eigenvalue weighted by Crippen LogP contribution is 2.39. The Balaban J connectivity index is 1.04. The molecule has 3 aliphatic heterocycles. The summed E-state index contributed by atoms with van der Waals surface area (Å²) >= 11 is 1.82. The van der Waals surface area contributed by atoms with E-state index in [9.17, 15) is 19.2 Å². The molecule has 4 aliphatic rings. The quantitative estimate of drug-likeness (QED) is 0.498. The van der Waals surface area contributed by atoms with Crippen molar-refractivity contribution in [3.05, 3.63) is 51.7 Å². The van der Waals surface area contributed by atoms with Crippen LogP contribution in [0.1, 0.15) is 62.4 Å². The Morgan fingerprint density at radius 3 is 2.54 bits per heavy atom. The molecule has 5 heterocycles. The summed E-state index contributed by atoms with van der Waals surface area (Å²) in [5, 5.41) is 3.48. The van der Waals surface area contributed by atoms with Gasteiger partial charge in [-0.15, -0.1) is 11.3 Å². The lowest BCUT2D eigenvalue weighted by atomic mass is 9.97. The molecule has 1 atom stereocenters. The van der Waals surface area contributed by atoms with Crippen molar-refractivity contribution < 1.29 is 19.2 Å². The SMILES string of the molecule is O=C1CCC(N2C(=O)c3ccc(CN4CCN(c5ncnc6sc7c(c56)CCCC7)CC4)cc3C2=O)C(=O)N1. The Morgan fingerprint density at radius 2 is 1.72 bits per heavy atom. The first-order valence-electron chi connectivity index (χ1n) is 13.5. The lowest BCUT2D eigenvalue weighted by molar-refractivity contribution is -0.136. The molecular formula is C28H28N6O4S. The number of anilines is 1. The van der Waals surface area contributed by atoms with Gasteiger partial charge in [-0.05, 0) is 55.4 Å². The van der Waals surface area contributed by atoms with Crippen LogP contribution in [0.25, 0.3) is 10.2 Å². The first kappa shape index (κ1) is 24.3. The number of piperazine rings is 1. The van der Waals surface area contributed by atoms with E-state index in [4.69, 9.17) is 4.98 Å². The fourth-order valence-electron chi connectivity index (χ4n) is 6.31. The van der Waals surface area contributed by atoms with Crippen molar-refractivity contribution in [3.63, 3.8) is 0 Å². The number of hydrogen-bond acceptors (Lipinski definition) is 9. The third-order valence-corrected chi connectivity index (χ3v) is 9.51. The Morgan fingerprint density at radius 1 is 0.923 bits per heavy atom. The van der Waals surface area contributed by atoms with Gasteiger partial charge in [0.25, 0.3) is 11.8 Å². The molecular weight excluding hydrogens is 516 g/mol. The van der Waals surface area contributed by atoms with Crippen molar-refractivity contribution in [1.29, 1.82) is 0 Å². The predicted molar refractivity (Wildman–Crippen MR) is 145 cm³/mol. The van der Waals surface area contributed by atoms with Gasteiger partial charge >= 0.3 is 0 Å². The topological polar surface area (TPSA) is 116 Å². The predicted octanol–water partition coefficient (Wildman–Crippen LogP) is 2.29. The van der Waals surface area contributed by atoms with Crippen LogP contribution in [0.3, 0.4) is 0 Å². The summed E-state index contributed by atoms with van der Waals surface area (Å²) in [7, 11) is 0. The number of rotatable bonds is 4. The van der Waals surface area contributed by atoms with Gasteiger partial charge in [0.05, 0.1) is 16.5 Å². The van der Waals surface area contributed by atoms with Crippen LogP contribution in [-0.2, 0) is 29.0 Å². The molecule has 0 radical (unpaired) electrons. The molecule has 2 aromatic heterocycles. The van der Waals surface area contributed by atoms with Crippen molar-refractivity contribution in [1.82, 2.24) is 25.1 Å². The van der Waals surface area contributed by atoms with Gasteiger partial charge in [-0.3, -0.25) is 34.3 Å². The van der Waals surface area contributed by atoms with Crippen LogP contribution < -0.4 is 10.2 Å². The summed E-state index contributed by atoms with van der Waals surface area (Å²) in [6.45, 7) is 4.06. The zero-order chi connectivity index (χ0) is 26.7. The van der Waals surface area contributed by atoms with Crippen LogP contribution >= 0.6 is 11.3 Å². The number of nitrogens with one attached hydrogen (secondary N) is 1. The molecule has 0 saturated carbocycles. The van der Waals surface area contributed by atoms with Gasteiger partial charge in [0.15, 0.2) is 0 Å². The van der Waals surface area contributed by atoms with E-state index < -0.39 is 23.8 Å². The Labute approximate surface area is 229 Å². The number of carbonyl (C=O) groups excluding carboxylic acids is 4. The van der Waals surface area contributed by atoms with Gasteiger partial charge in [0, 0.05) is 44.0 Å². The van der Waals surface area contributed by atoms with Crippen LogP contribution in [0.2, 0.25) is 0 Å². The minimum absolute atomic E-state index is 0.108. The number of carbonyl (C=O) groups is 4. The zero-order valence-electron chi connectivity index (χ0n) is 21.4. The van der Waals surface area contributed by atoms with Crippen molar-refractivity contribution in [2.24, 2.45) is 0 Å². The van der Waals surface area contributed by atoms with E-state index >= 15 is 0 Å². The highest BCUT2D eigenvalue weighted by atomic mass is 32.1. The monoisotopic (exact) mass is 544 g/mol. The molecule has 1 aliphatic carbocycles. The van der Waals surface area contributed by atoms with E-state index in [1.165, 1.54) is 28.7 Å². The van der Waals surface area contributed by atoms with E-state index in [0.29, 0.717) is 17.7 Å². The van der Waals surface area contributed by atoms with Gasteiger partial charge in [0.1, 0.15) is 23.0 Å². The van der Waals surface area contributed by atoms with E-state index in [0.717, 1.165) is 60.1 Å². The number of fused-ring (bicyclic) bond motifs is 4. The lowest BCUT2D eigenvalue weighted by Crippen LogP contribution is -2.54. The van der Waals surface area contributed by atoms with Crippen LogP contribution in [0.15, 0.2) is 24.5 Å². The van der Waals surface area contributed by atoms with Crippen LogP contribution in [-0.4, -0.2) is 75.6 Å². The van der Waals surface area contributed by atoms with Crippen molar-refractivity contribution in [2.45, 2.75) is 51.1 Å². The largest absolute Gasteiger partial charge is 0.353 e. The number of piperidine rings is 1. The average Bonchev–Trinajstić information content (AvgIpc) is 3.44. The van der Waals surface area contributed by atoms with Gasteiger partial charge in [-0.1, -0.05) is 6.07 Å². The number of aromatic nitrogens is 2. The molecule has 1 unspecified atom stereocenters. The highest BCUT2D eigenvalue weighted by molar-refractivity contribution is 7.19. The number of amides is 4. The van der Waals surface area contributed by atoms with Gasteiger partial charge in [0.2, 0.25) is 11.8 Å². The zero-order valence-corrected chi connectivity index (χ0v) is 22.3. The number of imide groups is 2. The van der Waals surface area contributed by atoms with Crippen molar-refractivity contribution in [2.75, 3.05) is 31.1 Å². The summed E-state index contributed by atoms with van der Waals surface area (Å²) in [6.07, 6.45) is 6.67. The van der Waals surface area contributed by atoms with Crippen LogP contribution in [0, 0.1) is 0 Å². The molecule has 3 aromatic rings. The second-order valence-corrected chi connectivity index (χ2v) is 11.8. The summed E-state index contributed by atoms with van der Waals surface area (Å²) in [4.78, 5) is 67.6. The second kappa shape index (κ2) is 9.49. The van der Waals surface area contributed by atoms with Crippen molar-refractivity contribution >= 4 is 51.0 Å². The number of hydrogen-bond donors (Lipinski definition) is 1. The first-order chi connectivity index (χ1) is 19.0. The van der Waals surface area contributed by atoms with E-state index in [1.807, 2.05) is 17.4 Å². The molecule has 7 rings (SSSR count). The summed E-state index contributed by atoms with van der Waals surface area (Å²) in [5.41, 5.74) is 3.03. The molecule has 4 amide bonds. The summed E-state index contributed by atoms with van der Waals surface area (Å²) < 4.78 is 0. The van der Waals surface area contributed by atoms with Gasteiger partial charge < -0.3 is 4.90 Å². The molecule has 200 valence electrons. The van der Waals surface area contributed by atoms with Gasteiger partial charge in [-0.25, -0.2) is 9.97 Å². The Hall–Kier alpha value is -3.70. The molecule has 1 N–H and O–H groups in total. The smallest absolute Gasteiger partial charge is 0.262 e. The molecule has 1 aromatic carbocycles. The highest BCUT2D eigenvalue weighted by Gasteiger charge is 2.44. The molecule has 2 saturated heterocycles.